The summed E-state index contributed by atoms with van der Waals surface area (Å²) < 4.78 is 29.5. The van der Waals surface area contributed by atoms with Crippen LogP contribution in [0.3, 0.4) is 0 Å². The van der Waals surface area contributed by atoms with Crippen LogP contribution >= 0.6 is 11.6 Å². The fourth-order valence-electron chi connectivity index (χ4n) is 9.13. The minimum absolute atomic E-state index is 0.00184. The third-order valence-corrected chi connectivity index (χ3v) is 13.4. The Labute approximate surface area is 389 Å². The van der Waals surface area contributed by atoms with Crippen LogP contribution in [0.1, 0.15) is 67.4 Å². The van der Waals surface area contributed by atoms with Crippen LogP contribution in [0.2, 0.25) is 5.02 Å². The molecule has 4 aliphatic carbocycles. The first-order chi connectivity index (χ1) is 30.9. The van der Waals surface area contributed by atoms with Gasteiger partial charge in [-0.1, -0.05) is 50.1 Å². The van der Waals surface area contributed by atoms with Gasteiger partial charge in [0, 0.05) is 48.8 Å². The second kappa shape index (κ2) is 21.4. The van der Waals surface area contributed by atoms with E-state index in [9.17, 15) is 48.0 Å². The lowest BCUT2D eigenvalue weighted by molar-refractivity contribution is -0.148. The summed E-state index contributed by atoms with van der Waals surface area (Å²) in [4.78, 5) is 53.5. The van der Waals surface area contributed by atoms with Gasteiger partial charge >= 0.3 is 0 Å². The van der Waals surface area contributed by atoms with Crippen LogP contribution in [0, 0.1) is 11.8 Å². The third kappa shape index (κ3) is 10.4. The van der Waals surface area contributed by atoms with Crippen LogP contribution in [-0.2, 0) is 36.5 Å². The molecule has 0 saturated heterocycles. The van der Waals surface area contributed by atoms with Gasteiger partial charge in [0.2, 0.25) is 5.78 Å². The minimum atomic E-state index is -4.47. The van der Waals surface area contributed by atoms with Gasteiger partial charge in [-0.05, 0) is 107 Å². The number of primary amides is 1. The molecule has 7 rings (SSSR count). The lowest BCUT2D eigenvalue weighted by Gasteiger charge is -2.50. The third-order valence-electron chi connectivity index (χ3n) is 12.2. The number of amides is 1. The number of aliphatic hydroxyl groups excluding tert-OH is 2. The number of rotatable bonds is 8. The first-order valence-electron chi connectivity index (χ1n) is 21.2. The summed E-state index contributed by atoms with van der Waals surface area (Å²) >= 11 is 6.20. The number of phenolic OH excluding ortho intramolecular Hbond substituents is 3. The highest BCUT2D eigenvalue weighted by atomic mass is 35.5. The van der Waals surface area contributed by atoms with E-state index in [4.69, 9.17) is 32.1 Å². The molecular weight excluding hydrogens is 898 g/mol. The second-order valence-electron chi connectivity index (χ2n) is 16.7. The molecule has 1 amide bonds. The standard InChI is InChI=1S/C23H27N3O7.C13H16ClNO.C6H6O5S.C4H11N/c1-25(2)12-5-6-13(27)15-10(12)7-9-8-11-17(26(3)4)19(29)16(22(24)32)21(31)23(11,33)20(30)14(9)18(15)28;1-15-13(9-5-4-8-12(13)16)10-6-2-3-7-11(10)14;7-4-1-2-5(8)6(3-4)12(9,10)11;1-3-5-4-2/h5-6,9,11,17,27,29-30,33H,7-8H2,1-4H3,(H2,24,32);2-3,6-7,15H,4-5,8-9H2,1H3;1-3,7-8H,(H,9,10,11);5H,3-4H2,1-2H3/t9-,11-,17-,23-;;;/m0.../s1. The van der Waals surface area contributed by atoms with Gasteiger partial charge in [-0.2, -0.15) is 8.42 Å². The number of phenols is 3. The van der Waals surface area contributed by atoms with Gasteiger partial charge in [0.25, 0.3) is 16.0 Å². The number of carbonyl (C=O) groups excluding carboxylic acids is 4. The number of aliphatic hydroxyl groups is 3. The van der Waals surface area contributed by atoms with Crippen molar-refractivity contribution in [2.75, 3.05) is 53.2 Å². The number of hydrogen-bond acceptors (Lipinski definition) is 16. The molecule has 0 radical (unpaired) electrons. The average molecular weight is 959 g/mol. The fraction of sp³-hybridized carbons (Fsp3) is 0.435. The lowest BCUT2D eigenvalue weighted by Crippen LogP contribution is -2.63. The van der Waals surface area contributed by atoms with Crippen molar-refractivity contribution in [2.45, 2.75) is 74.4 Å². The van der Waals surface area contributed by atoms with E-state index in [2.05, 4.69) is 24.5 Å². The van der Waals surface area contributed by atoms with Crippen molar-refractivity contribution < 1.29 is 62.8 Å². The Morgan fingerprint density at radius 1 is 0.924 bits per heavy atom. The summed E-state index contributed by atoms with van der Waals surface area (Å²) in [5, 5.41) is 68.6. The molecular formula is C46H60ClN5O13S. The minimum Gasteiger partial charge on any atom is -0.510 e. The highest BCUT2D eigenvalue weighted by molar-refractivity contribution is 7.86. The molecule has 1 unspecified atom stereocenters. The number of nitrogens with one attached hydrogen (secondary N) is 2. The number of likely N-dealkylation sites (N-methyl/N-ethyl adjacent to an activating group) is 2. The maximum absolute atomic E-state index is 13.5. The van der Waals surface area contributed by atoms with Gasteiger partial charge in [0.15, 0.2) is 17.2 Å². The zero-order valence-electron chi connectivity index (χ0n) is 37.9. The molecule has 20 heteroatoms. The van der Waals surface area contributed by atoms with Crippen LogP contribution in [0.5, 0.6) is 17.2 Å². The van der Waals surface area contributed by atoms with Crippen LogP contribution in [-0.4, -0.2) is 132 Å². The van der Waals surface area contributed by atoms with Gasteiger partial charge in [0.1, 0.15) is 44.8 Å². The molecule has 0 aromatic heterocycles. The lowest BCUT2D eigenvalue weighted by atomic mass is 9.58. The van der Waals surface area contributed by atoms with E-state index in [1.807, 2.05) is 31.3 Å². The smallest absolute Gasteiger partial charge is 0.298 e. The van der Waals surface area contributed by atoms with Crippen LogP contribution in [0.4, 0.5) is 5.69 Å². The molecule has 3 aromatic carbocycles. The average Bonchev–Trinajstić information content (AvgIpc) is 3.24. The number of fused-ring (bicyclic) bond motifs is 3. The summed E-state index contributed by atoms with van der Waals surface area (Å²) in [6.07, 6.45) is 3.87. The molecule has 1 saturated carbocycles. The zero-order valence-corrected chi connectivity index (χ0v) is 39.5. The number of anilines is 1. The molecule has 3 aromatic rings. The quantitative estimate of drug-likeness (QED) is 0.0865. The topological polar surface area (TPSA) is 301 Å². The largest absolute Gasteiger partial charge is 0.510 e. The van der Waals surface area contributed by atoms with Crippen molar-refractivity contribution in [1.29, 1.82) is 0 Å². The van der Waals surface area contributed by atoms with E-state index < -0.39 is 84.3 Å². The van der Waals surface area contributed by atoms with Crippen molar-refractivity contribution in [3.8, 4) is 17.2 Å². The van der Waals surface area contributed by atoms with Gasteiger partial charge in [-0.3, -0.25) is 28.6 Å². The Hall–Kier alpha value is -5.54. The summed E-state index contributed by atoms with van der Waals surface area (Å²) in [6, 6.07) is 12.5. The van der Waals surface area contributed by atoms with Crippen molar-refractivity contribution in [3.05, 3.63) is 99.0 Å². The molecule has 5 atom stereocenters. The van der Waals surface area contributed by atoms with Gasteiger partial charge in [-0.25, -0.2) is 0 Å². The SMILES string of the molecule is CCNCC.CN(C)c1ccc(O)c2c1C[C@H]1C[C@H]3[C@H](N(C)C)C(O)=C(C(N)=O)C(=O)[C@@]3(O)C(O)=C1C2=O.CNC1(c2ccccc2Cl)CCCCC1=O.O=S(=O)(O)c1cc(O)ccc1O. The summed E-state index contributed by atoms with van der Waals surface area (Å²) in [5.41, 5.74) is 3.38. The van der Waals surface area contributed by atoms with Crippen molar-refractivity contribution in [2.24, 2.45) is 17.6 Å². The monoisotopic (exact) mass is 957 g/mol. The van der Waals surface area contributed by atoms with Crippen LogP contribution in [0.15, 0.2) is 82.2 Å². The molecule has 18 nitrogen and oxygen atoms in total. The molecule has 1 fully saturated rings. The number of carbonyl (C=O) groups is 4. The van der Waals surface area contributed by atoms with Crippen LogP contribution in [0.25, 0.3) is 0 Å². The first kappa shape index (κ1) is 53.1. The number of nitrogens with two attached hydrogens (primary N) is 1. The van der Waals surface area contributed by atoms with E-state index in [0.29, 0.717) is 17.0 Å². The molecule has 66 heavy (non-hydrogen) atoms. The Morgan fingerprint density at radius 2 is 1.55 bits per heavy atom. The van der Waals surface area contributed by atoms with Gasteiger partial charge < -0.3 is 51.9 Å². The van der Waals surface area contributed by atoms with E-state index in [0.717, 1.165) is 61.8 Å². The number of nitrogens with zero attached hydrogens (tertiary/aromatic N) is 2. The maximum Gasteiger partial charge on any atom is 0.298 e. The van der Waals surface area contributed by atoms with Crippen molar-refractivity contribution in [3.63, 3.8) is 0 Å². The molecule has 11 N–H and O–H groups in total. The summed E-state index contributed by atoms with van der Waals surface area (Å²) in [6.45, 7) is 6.39. The van der Waals surface area contributed by atoms with Gasteiger partial charge in [-0.15, -0.1) is 0 Å². The van der Waals surface area contributed by atoms with E-state index in [-0.39, 0.29) is 41.3 Å². The molecule has 4 aliphatic rings. The van der Waals surface area contributed by atoms with E-state index >= 15 is 0 Å². The molecule has 0 aliphatic heterocycles. The number of halogens is 1. The summed E-state index contributed by atoms with van der Waals surface area (Å²) in [5.74, 6) is -7.22. The molecule has 0 spiro atoms. The number of benzene rings is 3. The predicted molar refractivity (Wildman–Crippen MR) is 247 cm³/mol. The number of allylic oxidation sites excluding steroid dienone is 1. The number of aromatic hydroxyl groups is 3. The van der Waals surface area contributed by atoms with Gasteiger partial charge in [0.05, 0.1) is 11.6 Å². The second-order valence-corrected chi connectivity index (χ2v) is 18.5. The van der Waals surface area contributed by atoms with Crippen LogP contribution < -0.4 is 21.3 Å². The molecule has 0 bridgehead atoms. The van der Waals surface area contributed by atoms with E-state index in [1.54, 1.807) is 39.2 Å². The predicted octanol–water partition coefficient (Wildman–Crippen LogP) is 4.04. The number of ketones is 3. The highest BCUT2D eigenvalue weighted by Gasteiger charge is 2.63. The normalized spacial score (nSPS) is 23.5. The zero-order chi connectivity index (χ0) is 49.6. The van der Waals surface area contributed by atoms with Crippen molar-refractivity contribution >= 4 is 50.7 Å². The Balaban J connectivity index is 0.000000237. The van der Waals surface area contributed by atoms with E-state index in [1.165, 1.54) is 11.0 Å². The highest BCUT2D eigenvalue weighted by Crippen LogP contribution is 2.53. The first-order valence-corrected chi connectivity index (χ1v) is 23.0. The van der Waals surface area contributed by atoms with Crippen molar-refractivity contribution in [1.82, 2.24) is 15.5 Å². The molecule has 360 valence electrons. The Morgan fingerprint density at radius 3 is 2.05 bits per heavy atom. The number of hydrogen-bond donors (Lipinski definition) is 10. The maximum atomic E-state index is 13.5. The Bertz CT molecular complexity index is 2530. The number of Topliss-reactive ketones (excluding diaryl/α,β-unsaturated/α-hetero) is 3. The fourth-order valence-corrected chi connectivity index (χ4v) is 10.0. The molecule has 0 heterocycles. The summed E-state index contributed by atoms with van der Waals surface area (Å²) in [7, 11) is 4.16. The Kier molecular flexibility index (Phi) is 17.2.